The van der Waals surface area contributed by atoms with Gasteiger partial charge in [0.05, 0.1) is 12.3 Å². The minimum Gasteiger partial charge on any atom is -0.384 e. The first kappa shape index (κ1) is 12.0. The Hall–Kier alpha value is -0.490. The zero-order chi connectivity index (χ0) is 11.8. The van der Waals surface area contributed by atoms with Crippen molar-refractivity contribution in [1.82, 2.24) is 4.98 Å². The largest absolute Gasteiger partial charge is 0.384 e. The second kappa shape index (κ2) is 4.41. The number of pyridine rings is 1. The zero-order valence-electron chi connectivity index (χ0n) is 9.18. The fourth-order valence-corrected chi connectivity index (χ4v) is 1.86. The molecule has 1 fully saturated rings. The Labute approximate surface area is 103 Å². The molecular formula is C11H14BrNO3. The van der Waals surface area contributed by atoms with Crippen molar-refractivity contribution < 1.29 is 14.6 Å². The van der Waals surface area contributed by atoms with Gasteiger partial charge in [-0.15, -0.1) is 0 Å². The highest BCUT2D eigenvalue weighted by Gasteiger charge is 2.37. The second-order valence-corrected chi connectivity index (χ2v) is 5.13. The average molecular weight is 288 g/mol. The number of hydrogen-bond acceptors (Lipinski definition) is 4. The van der Waals surface area contributed by atoms with Gasteiger partial charge in [-0.3, -0.25) is 4.98 Å². The molecule has 0 spiro atoms. The molecule has 2 atom stereocenters. The summed E-state index contributed by atoms with van der Waals surface area (Å²) in [6.45, 7) is 4.04. The molecule has 16 heavy (non-hydrogen) atoms. The number of aliphatic hydroxyl groups is 1. The number of halogens is 1. The molecule has 1 aromatic rings. The van der Waals surface area contributed by atoms with Crippen molar-refractivity contribution in [2.45, 2.75) is 31.8 Å². The molecule has 1 aromatic heterocycles. The molecule has 1 saturated heterocycles. The Morgan fingerprint density at radius 2 is 2.31 bits per heavy atom. The lowest BCUT2D eigenvalue weighted by Gasteiger charge is -2.20. The van der Waals surface area contributed by atoms with Gasteiger partial charge >= 0.3 is 0 Å². The fourth-order valence-electron chi connectivity index (χ4n) is 1.62. The van der Waals surface area contributed by atoms with Crippen molar-refractivity contribution in [2.75, 3.05) is 6.61 Å². The Morgan fingerprint density at radius 1 is 1.56 bits per heavy atom. The lowest BCUT2D eigenvalue weighted by atomic mass is 10.1. The van der Waals surface area contributed by atoms with Gasteiger partial charge in [-0.1, -0.05) is 0 Å². The van der Waals surface area contributed by atoms with Gasteiger partial charge < -0.3 is 14.6 Å². The summed E-state index contributed by atoms with van der Waals surface area (Å²) in [5.74, 6) is -0.624. The van der Waals surface area contributed by atoms with E-state index in [-0.39, 0.29) is 6.10 Å². The van der Waals surface area contributed by atoms with Crippen LogP contribution in [0.4, 0.5) is 0 Å². The molecule has 0 bridgehead atoms. The topological polar surface area (TPSA) is 51.6 Å². The Morgan fingerprint density at radius 3 is 2.81 bits per heavy atom. The Kier molecular flexibility index (Phi) is 3.30. The van der Waals surface area contributed by atoms with Crippen molar-refractivity contribution >= 4 is 15.9 Å². The Bertz CT molecular complexity index is 366. The zero-order valence-corrected chi connectivity index (χ0v) is 10.8. The van der Waals surface area contributed by atoms with Crippen LogP contribution in [0.25, 0.3) is 0 Å². The number of rotatable bonds is 2. The molecule has 0 amide bonds. The smallest absolute Gasteiger partial charge is 0.163 e. The van der Waals surface area contributed by atoms with Crippen LogP contribution in [-0.4, -0.2) is 28.6 Å². The molecule has 0 saturated carbocycles. The number of nitrogens with zero attached hydrogens (tertiary/aromatic N) is 1. The number of aromatic nitrogens is 1. The Balaban J connectivity index is 2.08. The molecule has 0 radical (unpaired) electrons. The van der Waals surface area contributed by atoms with Crippen molar-refractivity contribution in [1.29, 1.82) is 0 Å². The van der Waals surface area contributed by atoms with Crippen LogP contribution < -0.4 is 0 Å². The van der Waals surface area contributed by atoms with E-state index >= 15 is 0 Å². The average Bonchev–Trinajstić information content (AvgIpc) is 2.59. The predicted molar refractivity (Wildman–Crippen MR) is 61.8 cm³/mol. The first-order valence-corrected chi connectivity index (χ1v) is 5.88. The minimum atomic E-state index is -0.755. The monoisotopic (exact) mass is 287 g/mol. The van der Waals surface area contributed by atoms with E-state index < -0.39 is 11.9 Å². The van der Waals surface area contributed by atoms with Crippen LogP contribution in [0.15, 0.2) is 22.8 Å². The third kappa shape index (κ3) is 2.60. The lowest BCUT2D eigenvalue weighted by Crippen LogP contribution is -2.25. The summed E-state index contributed by atoms with van der Waals surface area (Å²) >= 11 is 3.30. The third-order valence-electron chi connectivity index (χ3n) is 2.44. The quantitative estimate of drug-likeness (QED) is 0.904. The second-order valence-electron chi connectivity index (χ2n) is 4.21. The van der Waals surface area contributed by atoms with E-state index in [0.717, 1.165) is 4.47 Å². The summed E-state index contributed by atoms with van der Waals surface area (Å²) in [4.78, 5) is 4.14. The molecule has 5 heteroatoms. The van der Waals surface area contributed by atoms with Crippen LogP contribution in [-0.2, 0) is 9.47 Å². The molecule has 2 rings (SSSR count). The summed E-state index contributed by atoms with van der Waals surface area (Å²) in [5.41, 5.74) is 0.592. The van der Waals surface area contributed by atoms with Crippen LogP contribution >= 0.6 is 15.9 Å². The van der Waals surface area contributed by atoms with E-state index in [1.165, 1.54) is 0 Å². The first-order chi connectivity index (χ1) is 7.48. The van der Waals surface area contributed by atoms with Crippen LogP contribution in [0.3, 0.4) is 0 Å². The molecule has 1 aliphatic rings. The molecule has 1 N–H and O–H groups in total. The maximum atomic E-state index is 10.1. The number of hydrogen-bond donors (Lipinski definition) is 1. The normalized spacial score (nSPS) is 25.6. The standard InChI is InChI=1S/C11H14BrNO3/c1-11(2)15-6-9(16-11)10(14)8-4-3-7(12)5-13-8/h3-5,9-10,14H,6H2,1-2H3/t9-,10?/m1/s1. The predicted octanol–water partition coefficient (Wildman–Crippen LogP) is 2.03. The lowest BCUT2D eigenvalue weighted by molar-refractivity contribution is -0.151. The highest BCUT2D eigenvalue weighted by atomic mass is 79.9. The van der Waals surface area contributed by atoms with E-state index in [9.17, 15) is 5.11 Å². The van der Waals surface area contributed by atoms with Gasteiger partial charge in [0, 0.05) is 10.7 Å². The molecule has 4 nitrogen and oxygen atoms in total. The summed E-state index contributed by atoms with van der Waals surface area (Å²) < 4.78 is 11.9. The van der Waals surface area contributed by atoms with Crippen molar-refractivity contribution in [2.24, 2.45) is 0 Å². The van der Waals surface area contributed by atoms with Crippen LogP contribution in [0, 0.1) is 0 Å². The number of aliphatic hydroxyl groups excluding tert-OH is 1. The molecule has 0 aliphatic carbocycles. The van der Waals surface area contributed by atoms with Gasteiger partial charge in [0.25, 0.3) is 0 Å². The van der Waals surface area contributed by atoms with Crippen molar-refractivity contribution in [3.05, 3.63) is 28.5 Å². The van der Waals surface area contributed by atoms with Crippen molar-refractivity contribution in [3.8, 4) is 0 Å². The maximum Gasteiger partial charge on any atom is 0.163 e. The molecule has 2 heterocycles. The van der Waals surface area contributed by atoms with E-state index in [0.29, 0.717) is 12.3 Å². The summed E-state index contributed by atoms with van der Waals surface area (Å²) in [7, 11) is 0. The van der Waals surface area contributed by atoms with Crippen LogP contribution in [0.1, 0.15) is 25.6 Å². The summed E-state index contributed by atoms with van der Waals surface area (Å²) in [6.07, 6.45) is 0.540. The van der Waals surface area contributed by atoms with Crippen LogP contribution in [0.2, 0.25) is 0 Å². The minimum absolute atomic E-state index is 0.358. The maximum absolute atomic E-state index is 10.1. The summed E-state index contributed by atoms with van der Waals surface area (Å²) in [6, 6.07) is 3.61. The molecule has 1 aliphatic heterocycles. The SMILES string of the molecule is CC1(C)OC[C@H](C(O)c2ccc(Br)cn2)O1. The third-order valence-corrected chi connectivity index (χ3v) is 2.90. The molecule has 88 valence electrons. The van der Waals surface area contributed by atoms with Gasteiger partial charge in [0.1, 0.15) is 12.2 Å². The van der Waals surface area contributed by atoms with Gasteiger partial charge in [-0.05, 0) is 41.9 Å². The van der Waals surface area contributed by atoms with Crippen LogP contribution in [0.5, 0.6) is 0 Å². The van der Waals surface area contributed by atoms with Gasteiger partial charge in [0.15, 0.2) is 5.79 Å². The number of ether oxygens (including phenoxy) is 2. The van der Waals surface area contributed by atoms with Gasteiger partial charge in [-0.2, -0.15) is 0 Å². The van der Waals surface area contributed by atoms with E-state index in [4.69, 9.17) is 9.47 Å². The first-order valence-electron chi connectivity index (χ1n) is 5.09. The van der Waals surface area contributed by atoms with Gasteiger partial charge in [-0.25, -0.2) is 0 Å². The molecule has 1 unspecified atom stereocenters. The van der Waals surface area contributed by atoms with Crippen molar-refractivity contribution in [3.63, 3.8) is 0 Å². The van der Waals surface area contributed by atoms with Gasteiger partial charge in [0.2, 0.25) is 0 Å². The molecule has 0 aromatic carbocycles. The highest BCUT2D eigenvalue weighted by molar-refractivity contribution is 9.10. The van der Waals surface area contributed by atoms with E-state index in [2.05, 4.69) is 20.9 Å². The van der Waals surface area contributed by atoms with E-state index in [1.807, 2.05) is 19.9 Å². The highest BCUT2D eigenvalue weighted by Crippen LogP contribution is 2.30. The van der Waals surface area contributed by atoms with E-state index in [1.54, 1.807) is 12.3 Å². The molecular weight excluding hydrogens is 274 g/mol. The summed E-state index contributed by atoms with van der Waals surface area (Å²) in [5, 5.41) is 10.1. The fraction of sp³-hybridized carbons (Fsp3) is 0.545.